The molecule has 1 atom stereocenters. The number of aromatic nitrogens is 2. The summed E-state index contributed by atoms with van der Waals surface area (Å²) < 4.78 is 21.7. The van der Waals surface area contributed by atoms with E-state index in [0.717, 1.165) is 16.7 Å². The maximum Gasteiger partial charge on any atom is 0.257 e. The van der Waals surface area contributed by atoms with Crippen LogP contribution in [0.1, 0.15) is 27.0 Å². The summed E-state index contributed by atoms with van der Waals surface area (Å²) in [7, 11) is 0. The molecular weight excluding hydrogens is 459 g/mol. The van der Waals surface area contributed by atoms with Crippen LogP contribution in [0.15, 0.2) is 60.8 Å². The molecule has 0 fully saturated rings. The maximum atomic E-state index is 14.5. The Labute approximate surface area is 201 Å². The number of nitrogens with one attached hydrogen (secondary N) is 1. The molecule has 4 aromatic rings. The molecule has 0 spiro atoms. The van der Waals surface area contributed by atoms with Crippen molar-refractivity contribution in [1.29, 1.82) is 0 Å². The number of hydrogen-bond donors (Lipinski definition) is 2. The van der Waals surface area contributed by atoms with Crippen molar-refractivity contribution in [1.82, 2.24) is 14.9 Å². The molecule has 9 heteroatoms. The lowest BCUT2D eigenvalue weighted by atomic mass is 9.99. The molecule has 0 bridgehead atoms. The van der Waals surface area contributed by atoms with E-state index >= 15 is 0 Å². The van der Waals surface area contributed by atoms with E-state index in [1.165, 1.54) is 16.6 Å². The Morgan fingerprint density at radius 3 is 2.79 bits per heavy atom. The van der Waals surface area contributed by atoms with Crippen LogP contribution in [-0.4, -0.2) is 28.2 Å². The maximum absolute atomic E-state index is 14.5. The molecule has 3 N–H and O–H groups in total. The van der Waals surface area contributed by atoms with Crippen molar-refractivity contribution in [3.8, 4) is 11.6 Å². The number of carbonyl (C=O) groups excluding carboxylic acids is 1. The van der Waals surface area contributed by atoms with Gasteiger partial charge in [-0.15, -0.1) is 5.10 Å². The van der Waals surface area contributed by atoms with Crippen LogP contribution < -0.4 is 16.0 Å². The first-order valence-corrected chi connectivity index (χ1v) is 11.0. The van der Waals surface area contributed by atoms with Crippen molar-refractivity contribution in [3.05, 3.63) is 93.9 Å². The van der Waals surface area contributed by atoms with Crippen molar-refractivity contribution in [2.45, 2.75) is 26.3 Å². The number of nitrogens with two attached hydrogens (primary N) is 1. The molecule has 2 heterocycles. The van der Waals surface area contributed by atoms with Crippen LogP contribution in [0, 0.1) is 19.7 Å². The number of ether oxygens (including phenoxy) is 1. The Morgan fingerprint density at radius 2 is 2.03 bits per heavy atom. The second-order valence-electron chi connectivity index (χ2n) is 8.03. The van der Waals surface area contributed by atoms with Crippen LogP contribution in [0.4, 0.5) is 4.39 Å². The summed E-state index contributed by atoms with van der Waals surface area (Å²) in [5, 5.41) is 7.19. The number of benzene rings is 2. The number of aryl methyl sites for hydroxylation is 2. The van der Waals surface area contributed by atoms with Gasteiger partial charge in [-0.2, -0.15) is 0 Å². The summed E-state index contributed by atoms with van der Waals surface area (Å²) in [5.41, 5.74) is 4.12. The third-order valence-electron chi connectivity index (χ3n) is 5.44. The van der Waals surface area contributed by atoms with E-state index in [4.69, 9.17) is 27.1 Å². The van der Waals surface area contributed by atoms with Crippen LogP contribution in [0.5, 0.6) is 11.6 Å². The zero-order valence-electron chi connectivity index (χ0n) is 18.7. The van der Waals surface area contributed by atoms with Gasteiger partial charge in [0.25, 0.3) is 5.91 Å². The van der Waals surface area contributed by atoms with Gasteiger partial charge in [0.05, 0.1) is 23.2 Å². The lowest BCUT2D eigenvalue weighted by Gasteiger charge is -2.20. The van der Waals surface area contributed by atoms with Crippen molar-refractivity contribution in [2.75, 3.05) is 6.61 Å². The normalized spacial score (nSPS) is 12.0. The fraction of sp³-hybridized carbons (Fsp3) is 0.200. The lowest BCUT2D eigenvalue weighted by Crippen LogP contribution is -2.41. The van der Waals surface area contributed by atoms with Gasteiger partial charge in [-0.1, -0.05) is 41.4 Å². The van der Waals surface area contributed by atoms with Crippen molar-refractivity contribution < 1.29 is 18.8 Å². The quantitative estimate of drug-likeness (QED) is 0.353. The fourth-order valence-electron chi connectivity index (χ4n) is 3.73. The highest BCUT2D eigenvalue weighted by atomic mass is 35.5. The largest absolute Gasteiger partial charge is 0.434 e. The van der Waals surface area contributed by atoms with Crippen LogP contribution in [0.3, 0.4) is 0 Å². The molecule has 7 nitrogen and oxygen atoms in total. The molecule has 1 unspecified atom stereocenters. The fourth-order valence-corrected chi connectivity index (χ4v) is 3.89. The Hall–Kier alpha value is -3.46. The molecule has 2 aromatic heterocycles. The number of rotatable bonds is 8. The third-order valence-corrected chi connectivity index (χ3v) is 5.74. The molecule has 0 saturated carbocycles. The van der Waals surface area contributed by atoms with Crippen LogP contribution >= 0.6 is 11.6 Å². The zero-order valence-corrected chi connectivity index (χ0v) is 19.5. The van der Waals surface area contributed by atoms with E-state index in [1.807, 2.05) is 26.0 Å². The van der Waals surface area contributed by atoms with E-state index in [-0.39, 0.29) is 28.8 Å². The molecule has 0 radical (unpaired) electrons. The first kappa shape index (κ1) is 23.7. The van der Waals surface area contributed by atoms with E-state index < -0.39 is 17.8 Å². The summed E-state index contributed by atoms with van der Waals surface area (Å²) in [6.45, 7) is 4.13. The zero-order chi connectivity index (χ0) is 24.2. The van der Waals surface area contributed by atoms with Crippen molar-refractivity contribution in [2.24, 2.45) is 5.90 Å². The highest BCUT2D eigenvalue weighted by molar-refractivity contribution is 6.30. The Bertz CT molecular complexity index is 1340. The molecular formula is C25H24ClFN4O3. The van der Waals surface area contributed by atoms with Crippen molar-refractivity contribution in [3.63, 3.8) is 0 Å². The number of hydrogen-bond acceptors (Lipinski definition) is 5. The Morgan fingerprint density at radius 1 is 1.21 bits per heavy atom. The Kier molecular flexibility index (Phi) is 7.12. The first-order chi connectivity index (χ1) is 16.4. The minimum absolute atomic E-state index is 0.0682. The molecule has 1 amide bonds. The van der Waals surface area contributed by atoms with Crippen molar-refractivity contribution >= 4 is 23.0 Å². The minimum Gasteiger partial charge on any atom is -0.434 e. The van der Waals surface area contributed by atoms with E-state index in [9.17, 15) is 9.18 Å². The molecule has 2 aromatic carbocycles. The average molecular weight is 483 g/mol. The number of carbonyl (C=O) groups is 1. The lowest BCUT2D eigenvalue weighted by molar-refractivity contribution is 0.0837. The van der Waals surface area contributed by atoms with Gasteiger partial charge in [-0.25, -0.2) is 14.8 Å². The molecule has 0 aliphatic carbocycles. The molecule has 176 valence electrons. The van der Waals surface area contributed by atoms with Gasteiger partial charge in [-0.05, 0) is 61.7 Å². The average Bonchev–Trinajstić information content (AvgIpc) is 3.26. The number of nitrogens with zero attached hydrogens (tertiary/aromatic N) is 2. The molecule has 0 aliphatic heterocycles. The van der Waals surface area contributed by atoms with Gasteiger partial charge in [0.2, 0.25) is 5.88 Å². The van der Waals surface area contributed by atoms with Gasteiger partial charge in [0, 0.05) is 6.20 Å². The van der Waals surface area contributed by atoms with E-state index in [2.05, 4.69) is 16.5 Å². The second-order valence-corrected chi connectivity index (χ2v) is 8.44. The topological polar surface area (TPSA) is 90.9 Å². The van der Waals surface area contributed by atoms with Gasteiger partial charge in [0.15, 0.2) is 11.6 Å². The summed E-state index contributed by atoms with van der Waals surface area (Å²) >= 11 is 5.88. The van der Waals surface area contributed by atoms with E-state index in [1.54, 1.807) is 30.5 Å². The van der Waals surface area contributed by atoms with Gasteiger partial charge in [0.1, 0.15) is 5.56 Å². The predicted octanol–water partition coefficient (Wildman–Crippen LogP) is 4.77. The van der Waals surface area contributed by atoms with Crippen LogP contribution in [0.2, 0.25) is 5.02 Å². The standard InChI is InChI=1S/C25H24ClFN4O3/c1-15-8-9-17(16(2)11-15)12-18(14-33-28)29-24(32)20-13-19-5-4-10-31(19)30-25(20)34-22-7-3-6-21(26)23(22)27/h3-11,13,18H,12,14,28H2,1-2H3,(H,29,32). The van der Waals surface area contributed by atoms with Gasteiger partial charge in [-0.3, -0.25) is 4.79 Å². The highest BCUT2D eigenvalue weighted by Crippen LogP contribution is 2.30. The first-order valence-electron chi connectivity index (χ1n) is 10.6. The molecule has 4 rings (SSSR count). The van der Waals surface area contributed by atoms with Crippen LogP contribution in [-0.2, 0) is 11.3 Å². The summed E-state index contributed by atoms with van der Waals surface area (Å²) in [6, 6.07) is 15.3. The Balaban J connectivity index is 1.64. The molecule has 0 saturated heterocycles. The third kappa shape index (κ3) is 5.20. The highest BCUT2D eigenvalue weighted by Gasteiger charge is 2.22. The molecule has 0 aliphatic rings. The minimum atomic E-state index is -0.741. The predicted molar refractivity (Wildman–Crippen MR) is 128 cm³/mol. The smallest absolute Gasteiger partial charge is 0.257 e. The van der Waals surface area contributed by atoms with Gasteiger partial charge >= 0.3 is 0 Å². The summed E-state index contributed by atoms with van der Waals surface area (Å²) in [6.07, 6.45) is 2.21. The number of halogens is 2. The monoisotopic (exact) mass is 482 g/mol. The van der Waals surface area contributed by atoms with Crippen LogP contribution in [0.25, 0.3) is 5.52 Å². The van der Waals surface area contributed by atoms with Gasteiger partial charge < -0.3 is 14.9 Å². The molecule has 34 heavy (non-hydrogen) atoms. The van der Waals surface area contributed by atoms with E-state index in [0.29, 0.717) is 11.9 Å². The summed E-state index contributed by atoms with van der Waals surface area (Å²) in [4.78, 5) is 18.2. The number of fused-ring (bicyclic) bond motifs is 1. The number of amides is 1. The summed E-state index contributed by atoms with van der Waals surface area (Å²) in [5.74, 6) is 3.93. The second kappa shape index (κ2) is 10.2. The SMILES string of the molecule is Cc1ccc(CC(CON)NC(=O)c2cc3cccn3nc2Oc2cccc(Cl)c2F)c(C)c1.